The van der Waals surface area contributed by atoms with E-state index in [2.05, 4.69) is 13.8 Å². The van der Waals surface area contributed by atoms with Crippen molar-refractivity contribution in [3.8, 4) is 0 Å². The van der Waals surface area contributed by atoms with Gasteiger partial charge in [-0.3, -0.25) is 0 Å². The molecule has 1 aromatic carbocycles. The fourth-order valence-corrected chi connectivity index (χ4v) is 5.28. The first kappa shape index (κ1) is 17.9. The van der Waals surface area contributed by atoms with Crippen molar-refractivity contribution >= 4 is 10.0 Å². The largest absolute Gasteiger partial charge is 0.381 e. The summed E-state index contributed by atoms with van der Waals surface area (Å²) in [6, 6.07) is 9.91. The zero-order chi connectivity index (χ0) is 17.2. The van der Waals surface area contributed by atoms with Crippen LogP contribution in [0.4, 0.5) is 0 Å². The molecule has 2 fully saturated rings. The summed E-state index contributed by atoms with van der Waals surface area (Å²) in [5.74, 6) is 0.268. The first-order valence-electron chi connectivity index (χ1n) is 8.75. The predicted octanol–water partition coefficient (Wildman–Crippen LogP) is 2.59. The average molecular weight is 353 g/mol. The Kier molecular flexibility index (Phi) is 5.59. The lowest BCUT2D eigenvalue weighted by atomic mass is 10.0. The highest BCUT2D eigenvalue weighted by atomic mass is 32.2. The molecule has 2 saturated heterocycles. The highest BCUT2D eigenvalue weighted by Crippen LogP contribution is 2.31. The summed E-state index contributed by atoms with van der Waals surface area (Å²) >= 11 is 0. The molecule has 0 aromatic heterocycles. The van der Waals surface area contributed by atoms with E-state index in [0.29, 0.717) is 39.1 Å². The van der Waals surface area contributed by atoms with Crippen molar-refractivity contribution in [1.82, 2.24) is 4.31 Å². The molecule has 0 radical (unpaired) electrons. The van der Waals surface area contributed by atoms with Crippen molar-refractivity contribution < 1.29 is 17.9 Å². The van der Waals surface area contributed by atoms with Gasteiger partial charge in [0.15, 0.2) is 0 Å². The number of sulfonamides is 1. The van der Waals surface area contributed by atoms with Gasteiger partial charge in [-0.25, -0.2) is 8.42 Å². The molecule has 0 N–H and O–H groups in total. The molecule has 2 aliphatic heterocycles. The molecule has 2 aliphatic rings. The lowest BCUT2D eigenvalue weighted by Crippen LogP contribution is -2.51. The zero-order valence-corrected chi connectivity index (χ0v) is 15.2. The van der Waals surface area contributed by atoms with Gasteiger partial charge >= 0.3 is 0 Å². The fourth-order valence-electron chi connectivity index (χ4n) is 3.37. The monoisotopic (exact) mass is 353 g/mol. The lowest BCUT2D eigenvalue weighted by molar-refractivity contribution is -0.0850. The van der Waals surface area contributed by atoms with Crippen LogP contribution in [0.25, 0.3) is 0 Å². The Morgan fingerprint density at radius 3 is 2.38 bits per heavy atom. The Hall–Kier alpha value is -0.950. The van der Waals surface area contributed by atoms with Crippen LogP contribution in [-0.4, -0.2) is 50.4 Å². The second kappa shape index (κ2) is 7.52. The summed E-state index contributed by atoms with van der Waals surface area (Å²) in [5.41, 5.74) is 1.04. The van der Waals surface area contributed by atoms with Gasteiger partial charge in [0.25, 0.3) is 0 Å². The number of morpholine rings is 1. The second-order valence-corrected chi connectivity index (χ2v) is 9.20. The fraction of sp³-hybridized carbons (Fsp3) is 0.667. The Morgan fingerprint density at radius 1 is 1.08 bits per heavy atom. The Bertz CT molecular complexity index is 626. The lowest BCUT2D eigenvalue weighted by Gasteiger charge is -2.41. The summed E-state index contributed by atoms with van der Waals surface area (Å²) in [6.45, 7) is 6.07. The molecule has 3 rings (SSSR count). The maximum atomic E-state index is 13.1. The van der Waals surface area contributed by atoms with Crippen LogP contribution in [0.15, 0.2) is 30.3 Å². The summed E-state index contributed by atoms with van der Waals surface area (Å²) in [7, 11) is -3.32. The first-order chi connectivity index (χ1) is 11.5. The van der Waals surface area contributed by atoms with E-state index < -0.39 is 10.0 Å². The van der Waals surface area contributed by atoms with Gasteiger partial charge in [0.05, 0.1) is 17.5 Å². The summed E-state index contributed by atoms with van der Waals surface area (Å²) < 4.78 is 39.4. The van der Waals surface area contributed by atoms with Crippen LogP contribution in [0.2, 0.25) is 0 Å². The van der Waals surface area contributed by atoms with Crippen LogP contribution in [0, 0.1) is 5.92 Å². The molecule has 0 saturated carbocycles. The minimum absolute atomic E-state index is 0.0847. The number of hydrogen-bond acceptors (Lipinski definition) is 4. The van der Waals surface area contributed by atoms with Gasteiger partial charge < -0.3 is 9.47 Å². The molecule has 0 unspecified atom stereocenters. The Morgan fingerprint density at radius 2 is 1.75 bits per heavy atom. The molecular formula is C18H27NO4S. The number of benzene rings is 1. The third-order valence-corrected chi connectivity index (χ3v) is 7.29. The molecule has 0 amide bonds. The Balaban J connectivity index is 1.83. The van der Waals surface area contributed by atoms with Crippen molar-refractivity contribution in [2.75, 3.05) is 26.3 Å². The third-order valence-electron chi connectivity index (χ3n) is 4.96. The molecule has 5 nitrogen and oxygen atoms in total. The molecule has 0 aliphatic carbocycles. The van der Waals surface area contributed by atoms with E-state index in [9.17, 15) is 8.42 Å². The van der Waals surface area contributed by atoms with Crippen LogP contribution in [0.1, 0.15) is 38.4 Å². The number of hydrogen-bond donors (Lipinski definition) is 0. The van der Waals surface area contributed by atoms with Gasteiger partial charge in [-0.05, 0) is 24.3 Å². The molecule has 24 heavy (non-hydrogen) atoms. The highest BCUT2D eigenvalue weighted by Gasteiger charge is 2.40. The molecule has 2 heterocycles. The first-order valence-corrected chi connectivity index (χ1v) is 10.3. The van der Waals surface area contributed by atoms with E-state index in [1.165, 1.54) is 0 Å². The van der Waals surface area contributed by atoms with Gasteiger partial charge in [0.2, 0.25) is 10.0 Å². The number of ether oxygens (including phenoxy) is 2. The Labute approximate surface area is 145 Å². The van der Waals surface area contributed by atoms with E-state index in [-0.39, 0.29) is 23.4 Å². The van der Waals surface area contributed by atoms with Gasteiger partial charge in [0.1, 0.15) is 0 Å². The van der Waals surface area contributed by atoms with E-state index in [4.69, 9.17) is 9.47 Å². The third kappa shape index (κ3) is 3.82. The molecule has 134 valence electrons. The standard InChI is InChI=1S/C18H27NO4S/c1-14(2)17-12-19(24(20,21)16-8-10-22-11-9-16)13-18(23-17)15-6-4-3-5-7-15/h3-7,14,16-18H,8-13H2,1-2H3/t17-,18+/m1/s1. The van der Waals surface area contributed by atoms with Crippen LogP contribution < -0.4 is 0 Å². The molecular weight excluding hydrogens is 326 g/mol. The van der Waals surface area contributed by atoms with Crippen molar-refractivity contribution in [3.63, 3.8) is 0 Å². The van der Waals surface area contributed by atoms with E-state index in [1.807, 2.05) is 30.3 Å². The quantitative estimate of drug-likeness (QED) is 0.835. The SMILES string of the molecule is CC(C)[C@H]1CN(S(=O)(=O)C2CCOCC2)C[C@@H](c2ccccc2)O1. The van der Waals surface area contributed by atoms with Gasteiger partial charge in [-0.2, -0.15) is 4.31 Å². The molecule has 2 atom stereocenters. The van der Waals surface area contributed by atoms with E-state index >= 15 is 0 Å². The van der Waals surface area contributed by atoms with Gasteiger partial charge in [-0.1, -0.05) is 44.2 Å². The normalized spacial score (nSPS) is 27.5. The van der Waals surface area contributed by atoms with E-state index in [0.717, 1.165) is 5.56 Å². The molecule has 6 heteroatoms. The molecule has 0 bridgehead atoms. The van der Waals surface area contributed by atoms with Crippen LogP contribution in [0.3, 0.4) is 0 Å². The summed E-state index contributed by atoms with van der Waals surface area (Å²) in [5, 5.41) is -0.325. The minimum atomic E-state index is -3.32. The number of rotatable bonds is 4. The van der Waals surface area contributed by atoms with Crippen molar-refractivity contribution in [3.05, 3.63) is 35.9 Å². The van der Waals surface area contributed by atoms with Crippen molar-refractivity contribution in [2.45, 2.75) is 44.1 Å². The van der Waals surface area contributed by atoms with Gasteiger partial charge in [-0.15, -0.1) is 0 Å². The maximum Gasteiger partial charge on any atom is 0.217 e. The zero-order valence-electron chi connectivity index (χ0n) is 14.4. The predicted molar refractivity (Wildman–Crippen MR) is 93.2 cm³/mol. The van der Waals surface area contributed by atoms with E-state index in [1.54, 1.807) is 4.31 Å². The number of nitrogens with zero attached hydrogens (tertiary/aromatic N) is 1. The summed E-state index contributed by atoms with van der Waals surface area (Å²) in [4.78, 5) is 0. The maximum absolute atomic E-state index is 13.1. The van der Waals surface area contributed by atoms with Crippen molar-refractivity contribution in [1.29, 1.82) is 0 Å². The van der Waals surface area contributed by atoms with Crippen molar-refractivity contribution in [2.24, 2.45) is 5.92 Å². The van der Waals surface area contributed by atoms with Crippen LogP contribution in [0.5, 0.6) is 0 Å². The minimum Gasteiger partial charge on any atom is -0.381 e. The topological polar surface area (TPSA) is 55.8 Å². The van der Waals surface area contributed by atoms with Crippen LogP contribution >= 0.6 is 0 Å². The second-order valence-electron chi connectivity index (χ2n) is 6.99. The van der Waals surface area contributed by atoms with Crippen LogP contribution in [-0.2, 0) is 19.5 Å². The smallest absolute Gasteiger partial charge is 0.217 e. The summed E-state index contributed by atoms with van der Waals surface area (Å²) in [6.07, 6.45) is 0.880. The van der Waals surface area contributed by atoms with Gasteiger partial charge in [0, 0.05) is 26.3 Å². The molecule has 1 aromatic rings. The average Bonchev–Trinajstić information content (AvgIpc) is 2.62. The molecule has 0 spiro atoms. The highest BCUT2D eigenvalue weighted by molar-refractivity contribution is 7.89.